The fourth-order valence-corrected chi connectivity index (χ4v) is 1.57. The molecule has 0 saturated carbocycles. The lowest BCUT2D eigenvalue weighted by Crippen LogP contribution is -2.46. The zero-order valence-electron chi connectivity index (χ0n) is 11.9. The Labute approximate surface area is 109 Å². The molecule has 0 aliphatic heterocycles. The molecule has 0 bridgehead atoms. The number of rotatable bonds is 8. The van der Waals surface area contributed by atoms with E-state index in [1.807, 2.05) is 0 Å². The topological polar surface area (TPSA) is 78.4 Å². The standard InChI is InChI=1S/C13H26N2O3/c1-5-6-7-8-13(3,4)9-14-12(18)15-10(2)11(16)17/h10H,5-9H2,1-4H3,(H,16,17)(H2,14,15,18)/t10-/m1/s1. The number of unbranched alkanes of at least 4 members (excludes halogenated alkanes) is 2. The van der Waals surface area contributed by atoms with Crippen LogP contribution in [0.4, 0.5) is 4.79 Å². The van der Waals surface area contributed by atoms with E-state index >= 15 is 0 Å². The van der Waals surface area contributed by atoms with Crippen molar-refractivity contribution in [3.63, 3.8) is 0 Å². The highest BCUT2D eigenvalue weighted by Gasteiger charge is 2.19. The number of carboxylic acids is 1. The van der Waals surface area contributed by atoms with Gasteiger partial charge in [-0.1, -0.05) is 40.0 Å². The summed E-state index contributed by atoms with van der Waals surface area (Å²) >= 11 is 0. The monoisotopic (exact) mass is 258 g/mol. The zero-order valence-corrected chi connectivity index (χ0v) is 11.9. The number of carboxylic acid groups (broad SMARTS) is 1. The summed E-state index contributed by atoms with van der Waals surface area (Å²) in [7, 11) is 0. The van der Waals surface area contributed by atoms with Crippen LogP contribution in [0.5, 0.6) is 0 Å². The molecule has 106 valence electrons. The summed E-state index contributed by atoms with van der Waals surface area (Å²) in [6.45, 7) is 8.35. The second-order valence-electron chi connectivity index (χ2n) is 5.51. The minimum Gasteiger partial charge on any atom is -0.480 e. The second-order valence-corrected chi connectivity index (χ2v) is 5.51. The van der Waals surface area contributed by atoms with Crippen molar-refractivity contribution in [2.24, 2.45) is 5.41 Å². The first kappa shape index (κ1) is 16.7. The Hall–Kier alpha value is -1.26. The summed E-state index contributed by atoms with van der Waals surface area (Å²) in [6, 6.07) is -1.29. The molecule has 5 nitrogen and oxygen atoms in total. The van der Waals surface area contributed by atoms with Crippen molar-refractivity contribution >= 4 is 12.0 Å². The van der Waals surface area contributed by atoms with Crippen molar-refractivity contribution in [2.45, 2.75) is 59.4 Å². The van der Waals surface area contributed by atoms with Crippen LogP contribution in [-0.2, 0) is 4.79 Å². The number of amides is 2. The average Bonchev–Trinajstić information content (AvgIpc) is 2.26. The van der Waals surface area contributed by atoms with E-state index < -0.39 is 18.0 Å². The van der Waals surface area contributed by atoms with Crippen molar-refractivity contribution in [3.05, 3.63) is 0 Å². The fourth-order valence-electron chi connectivity index (χ4n) is 1.57. The number of hydrogen-bond acceptors (Lipinski definition) is 2. The lowest BCUT2D eigenvalue weighted by atomic mass is 9.87. The van der Waals surface area contributed by atoms with E-state index in [0.29, 0.717) is 6.54 Å². The summed E-state index contributed by atoms with van der Waals surface area (Å²) in [5.74, 6) is -1.03. The van der Waals surface area contributed by atoms with E-state index in [2.05, 4.69) is 31.4 Å². The van der Waals surface area contributed by atoms with Gasteiger partial charge in [-0.15, -0.1) is 0 Å². The summed E-state index contributed by atoms with van der Waals surface area (Å²) in [5.41, 5.74) is 0.0406. The number of hydrogen-bond donors (Lipinski definition) is 3. The fraction of sp³-hybridized carbons (Fsp3) is 0.846. The first-order valence-corrected chi connectivity index (χ1v) is 6.55. The van der Waals surface area contributed by atoms with Gasteiger partial charge in [0.1, 0.15) is 6.04 Å². The Kier molecular flexibility index (Phi) is 7.39. The minimum atomic E-state index is -1.03. The maximum atomic E-state index is 11.4. The molecule has 0 aliphatic carbocycles. The lowest BCUT2D eigenvalue weighted by Gasteiger charge is -2.25. The van der Waals surface area contributed by atoms with E-state index in [1.54, 1.807) is 0 Å². The van der Waals surface area contributed by atoms with Crippen LogP contribution in [0.3, 0.4) is 0 Å². The van der Waals surface area contributed by atoms with Crippen LogP contribution in [0.1, 0.15) is 53.4 Å². The van der Waals surface area contributed by atoms with Crippen LogP contribution in [0, 0.1) is 5.41 Å². The van der Waals surface area contributed by atoms with Gasteiger partial charge in [-0.05, 0) is 18.8 Å². The number of carbonyl (C=O) groups is 2. The molecule has 0 fully saturated rings. The van der Waals surface area contributed by atoms with Crippen molar-refractivity contribution in [2.75, 3.05) is 6.54 Å². The van der Waals surface area contributed by atoms with Crippen LogP contribution in [0.15, 0.2) is 0 Å². The molecule has 2 amide bonds. The van der Waals surface area contributed by atoms with Gasteiger partial charge in [-0.3, -0.25) is 4.79 Å². The Morgan fingerprint density at radius 2 is 1.89 bits per heavy atom. The summed E-state index contributed by atoms with van der Waals surface area (Å²) in [5, 5.41) is 13.8. The molecule has 0 rings (SSSR count). The molecule has 1 atom stereocenters. The Morgan fingerprint density at radius 3 is 2.39 bits per heavy atom. The van der Waals surface area contributed by atoms with Gasteiger partial charge in [-0.2, -0.15) is 0 Å². The smallest absolute Gasteiger partial charge is 0.325 e. The van der Waals surface area contributed by atoms with E-state index in [9.17, 15) is 9.59 Å². The van der Waals surface area contributed by atoms with E-state index in [-0.39, 0.29) is 5.41 Å². The van der Waals surface area contributed by atoms with E-state index in [1.165, 1.54) is 19.8 Å². The maximum absolute atomic E-state index is 11.4. The van der Waals surface area contributed by atoms with Gasteiger partial charge in [0.15, 0.2) is 0 Å². The van der Waals surface area contributed by atoms with Gasteiger partial charge in [0.2, 0.25) is 0 Å². The predicted octanol–water partition coefficient (Wildman–Crippen LogP) is 2.37. The SMILES string of the molecule is CCCCCC(C)(C)CNC(=O)N[C@H](C)C(=O)O. The Bertz CT molecular complexity index is 277. The van der Waals surface area contributed by atoms with Crippen molar-refractivity contribution in [1.82, 2.24) is 10.6 Å². The van der Waals surface area contributed by atoms with E-state index in [0.717, 1.165) is 12.8 Å². The molecule has 0 radical (unpaired) electrons. The third kappa shape index (κ3) is 7.92. The van der Waals surface area contributed by atoms with Crippen molar-refractivity contribution in [1.29, 1.82) is 0 Å². The predicted molar refractivity (Wildman–Crippen MR) is 71.6 cm³/mol. The van der Waals surface area contributed by atoms with Gasteiger partial charge in [0, 0.05) is 6.54 Å². The number of aliphatic carboxylic acids is 1. The molecule has 5 heteroatoms. The highest BCUT2D eigenvalue weighted by Crippen LogP contribution is 2.22. The van der Waals surface area contributed by atoms with Gasteiger partial charge in [0.05, 0.1) is 0 Å². The third-order valence-electron chi connectivity index (χ3n) is 2.90. The van der Waals surface area contributed by atoms with Crippen molar-refractivity contribution < 1.29 is 14.7 Å². The van der Waals surface area contributed by atoms with Crippen LogP contribution < -0.4 is 10.6 Å². The molecular formula is C13H26N2O3. The van der Waals surface area contributed by atoms with Crippen LogP contribution >= 0.6 is 0 Å². The van der Waals surface area contributed by atoms with Gasteiger partial charge in [-0.25, -0.2) is 4.79 Å². The molecule has 0 unspecified atom stereocenters. The number of urea groups is 1. The van der Waals surface area contributed by atoms with Gasteiger partial charge < -0.3 is 15.7 Å². The first-order chi connectivity index (χ1) is 8.28. The maximum Gasteiger partial charge on any atom is 0.325 e. The highest BCUT2D eigenvalue weighted by atomic mass is 16.4. The van der Waals surface area contributed by atoms with Crippen LogP contribution in [-0.4, -0.2) is 29.7 Å². The minimum absolute atomic E-state index is 0.0406. The quantitative estimate of drug-likeness (QED) is 0.585. The van der Waals surface area contributed by atoms with Crippen molar-refractivity contribution in [3.8, 4) is 0 Å². The van der Waals surface area contributed by atoms with Gasteiger partial charge >= 0.3 is 12.0 Å². The van der Waals surface area contributed by atoms with Crippen LogP contribution in [0.2, 0.25) is 0 Å². The highest BCUT2D eigenvalue weighted by molar-refractivity contribution is 5.82. The molecule has 0 aromatic carbocycles. The third-order valence-corrected chi connectivity index (χ3v) is 2.90. The van der Waals surface area contributed by atoms with E-state index in [4.69, 9.17) is 5.11 Å². The average molecular weight is 258 g/mol. The molecule has 0 saturated heterocycles. The zero-order chi connectivity index (χ0) is 14.2. The molecule has 3 N–H and O–H groups in total. The summed E-state index contributed by atoms with van der Waals surface area (Å²) in [4.78, 5) is 22.0. The molecular weight excluding hydrogens is 232 g/mol. The number of nitrogens with one attached hydrogen (secondary N) is 2. The molecule has 0 aromatic heterocycles. The first-order valence-electron chi connectivity index (χ1n) is 6.55. The number of carbonyl (C=O) groups excluding carboxylic acids is 1. The molecule has 0 aliphatic rings. The molecule has 18 heavy (non-hydrogen) atoms. The largest absolute Gasteiger partial charge is 0.480 e. The normalized spacial score (nSPS) is 12.9. The second kappa shape index (κ2) is 7.95. The Morgan fingerprint density at radius 1 is 1.28 bits per heavy atom. The van der Waals surface area contributed by atoms with Gasteiger partial charge in [0.25, 0.3) is 0 Å². The summed E-state index contributed by atoms with van der Waals surface area (Å²) in [6.07, 6.45) is 4.58. The lowest BCUT2D eigenvalue weighted by molar-refractivity contribution is -0.138. The molecule has 0 aromatic rings. The Balaban J connectivity index is 3.92. The molecule has 0 spiro atoms. The molecule has 0 heterocycles. The van der Waals surface area contributed by atoms with Crippen LogP contribution in [0.25, 0.3) is 0 Å². The summed E-state index contributed by atoms with van der Waals surface area (Å²) < 4.78 is 0.